The third kappa shape index (κ3) is 5.40. The summed E-state index contributed by atoms with van der Waals surface area (Å²) in [6.07, 6.45) is 0. The molecule has 156 valence electrons. The number of nitrogens with one attached hydrogen (secondary N) is 2. The first kappa shape index (κ1) is 22.1. The van der Waals surface area contributed by atoms with E-state index in [9.17, 15) is 9.59 Å². The van der Waals surface area contributed by atoms with Crippen LogP contribution in [0.2, 0.25) is 0 Å². The van der Waals surface area contributed by atoms with Crippen molar-refractivity contribution < 1.29 is 23.8 Å². The zero-order valence-corrected chi connectivity index (χ0v) is 17.7. The Bertz CT molecular complexity index is 854. The van der Waals surface area contributed by atoms with E-state index in [2.05, 4.69) is 10.6 Å². The quantitative estimate of drug-likeness (QED) is 0.709. The molecule has 0 spiro atoms. The Morgan fingerprint density at radius 2 is 1.55 bits per heavy atom. The van der Waals surface area contributed by atoms with E-state index in [1.807, 2.05) is 32.9 Å². The van der Waals surface area contributed by atoms with Crippen molar-refractivity contribution in [3.05, 3.63) is 47.5 Å². The highest BCUT2D eigenvalue weighted by Gasteiger charge is 2.25. The number of hydrogen-bond donors (Lipinski definition) is 2. The Kier molecular flexibility index (Phi) is 7.47. The summed E-state index contributed by atoms with van der Waals surface area (Å²) in [5, 5.41) is 5.64. The molecule has 1 atom stereocenters. The number of carbonyl (C=O) groups is 2. The molecule has 2 rings (SSSR count). The Morgan fingerprint density at radius 1 is 0.931 bits per heavy atom. The minimum absolute atomic E-state index is 0.120. The van der Waals surface area contributed by atoms with Crippen molar-refractivity contribution in [1.82, 2.24) is 5.32 Å². The molecule has 2 aromatic rings. The maximum absolute atomic E-state index is 12.9. The molecule has 29 heavy (non-hydrogen) atoms. The Labute approximate surface area is 171 Å². The standard InChI is InChI=1S/C22H28N2O5/c1-13(2)19(24-21(25)15-9-7-8-14(3)10-15)22(26)23-16-11-17(27-4)20(29-6)18(12-16)28-5/h7-13,19H,1-6H3,(H,23,26)(H,24,25)/t19-/m0/s1. The van der Waals surface area contributed by atoms with E-state index in [0.29, 0.717) is 28.5 Å². The molecule has 0 heterocycles. The van der Waals surface area contributed by atoms with Gasteiger partial charge in [-0.2, -0.15) is 0 Å². The van der Waals surface area contributed by atoms with Gasteiger partial charge < -0.3 is 24.8 Å². The first-order valence-electron chi connectivity index (χ1n) is 9.29. The second-order valence-electron chi connectivity index (χ2n) is 6.97. The molecule has 0 bridgehead atoms. The summed E-state index contributed by atoms with van der Waals surface area (Å²) in [5.74, 6) is 0.522. The van der Waals surface area contributed by atoms with Crippen LogP contribution in [0.3, 0.4) is 0 Å². The number of hydrogen-bond acceptors (Lipinski definition) is 5. The number of anilines is 1. The molecule has 7 nitrogen and oxygen atoms in total. The third-order valence-corrected chi connectivity index (χ3v) is 4.45. The zero-order chi connectivity index (χ0) is 21.6. The SMILES string of the molecule is COc1cc(NC(=O)[C@@H](NC(=O)c2cccc(C)c2)C(C)C)cc(OC)c1OC. The van der Waals surface area contributed by atoms with E-state index in [0.717, 1.165) is 5.56 Å². The second kappa shape index (κ2) is 9.82. The van der Waals surface area contributed by atoms with Crippen molar-refractivity contribution in [2.24, 2.45) is 5.92 Å². The van der Waals surface area contributed by atoms with Gasteiger partial charge in [0.05, 0.1) is 21.3 Å². The minimum atomic E-state index is -0.720. The molecule has 0 saturated carbocycles. The predicted molar refractivity (Wildman–Crippen MR) is 112 cm³/mol. The van der Waals surface area contributed by atoms with Crippen molar-refractivity contribution in [2.75, 3.05) is 26.6 Å². The number of methoxy groups -OCH3 is 3. The highest BCUT2D eigenvalue weighted by Crippen LogP contribution is 2.40. The van der Waals surface area contributed by atoms with Gasteiger partial charge >= 0.3 is 0 Å². The first-order chi connectivity index (χ1) is 13.8. The Morgan fingerprint density at radius 3 is 2.03 bits per heavy atom. The molecule has 0 unspecified atom stereocenters. The van der Waals surface area contributed by atoms with Gasteiger partial charge in [0.25, 0.3) is 5.91 Å². The van der Waals surface area contributed by atoms with Gasteiger partial charge in [-0.15, -0.1) is 0 Å². The fourth-order valence-corrected chi connectivity index (χ4v) is 2.92. The van der Waals surface area contributed by atoms with Crippen LogP contribution in [0.15, 0.2) is 36.4 Å². The van der Waals surface area contributed by atoms with Crippen LogP contribution in [-0.2, 0) is 4.79 Å². The summed E-state index contributed by atoms with van der Waals surface area (Å²) in [4.78, 5) is 25.5. The first-order valence-corrected chi connectivity index (χ1v) is 9.29. The summed E-state index contributed by atoms with van der Waals surface area (Å²) in [6, 6.07) is 9.78. The molecule has 2 aromatic carbocycles. The van der Waals surface area contributed by atoms with E-state index >= 15 is 0 Å². The lowest BCUT2D eigenvalue weighted by atomic mass is 10.0. The van der Waals surface area contributed by atoms with Gasteiger partial charge in [0.15, 0.2) is 11.5 Å². The second-order valence-corrected chi connectivity index (χ2v) is 6.97. The van der Waals surface area contributed by atoms with Crippen molar-refractivity contribution in [2.45, 2.75) is 26.8 Å². The van der Waals surface area contributed by atoms with E-state index in [-0.39, 0.29) is 17.7 Å². The Hall–Kier alpha value is -3.22. The van der Waals surface area contributed by atoms with Gasteiger partial charge in [0, 0.05) is 23.4 Å². The molecule has 0 aromatic heterocycles. The summed E-state index contributed by atoms with van der Waals surface area (Å²) in [5.41, 5.74) is 1.96. The van der Waals surface area contributed by atoms with Crippen LogP contribution in [0, 0.1) is 12.8 Å². The molecule has 0 fully saturated rings. The maximum Gasteiger partial charge on any atom is 0.251 e. The largest absolute Gasteiger partial charge is 0.493 e. The highest BCUT2D eigenvalue weighted by molar-refractivity contribution is 6.01. The number of aryl methyl sites for hydroxylation is 1. The number of carbonyl (C=O) groups excluding carboxylic acids is 2. The smallest absolute Gasteiger partial charge is 0.251 e. The molecular weight excluding hydrogens is 372 g/mol. The van der Waals surface area contributed by atoms with E-state index < -0.39 is 6.04 Å². The lowest BCUT2D eigenvalue weighted by Gasteiger charge is -2.22. The van der Waals surface area contributed by atoms with Crippen molar-refractivity contribution >= 4 is 17.5 Å². The predicted octanol–water partition coefficient (Wildman–Crippen LogP) is 3.41. The monoisotopic (exact) mass is 400 g/mol. The zero-order valence-electron chi connectivity index (χ0n) is 17.7. The molecule has 2 N–H and O–H groups in total. The third-order valence-electron chi connectivity index (χ3n) is 4.45. The van der Waals surface area contributed by atoms with Crippen LogP contribution in [-0.4, -0.2) is 39.2 Å². The van der Waals surface area contributed by atoms with Crippen LogP contribution >= 0.6 is 0 Å². The van der Waals surface area contributed by atoms with Gasteiger partial charge in [-0.1, -0.05) is 31.5 Å². The molecule has 0 aliphatic heterocycles. The van der Waals surface area contributed by atoms with Gasteiger partial charge in [-0.25, -0.2) is 0 Å². The van der Waals surface area contributed by atoms with Crippen LogP contribution in [0.1, 0.15) is 29.8 Å². The molecular formula is C22H28N2O5. The lowest BCUT2D eigenvalue weighted by Crippen LogP contribution is -2.47. The topological polar surface area (TPSA) is 85.9 Å². The molecule has 0 saturated heterocycles. The fourth-order valence-electron chi connectivity index (χ4n) is 2.92. The Balaban J connectivity index is 2.22. The summed E-state index contributed by atoms with van der Waals surface area (Å²) in [6.45, 7) is 5.65. The lowest BCUT2D eigenvalue weighted by molar-refractivity contribution is -0.118. The van der Waals surface area contributed by atoms with Gasteiger partial charge in [0.2, 0.25) is 11.7 Å². The van der Waals surface area contributed by atoms with Crippen LogP contribution < -0.4 is 24.8 Å². The molecule has 7 heteroatoms. The average Bonchev–Trinajstić information content (AvgIpc) is 2.70. The number of benzene rings is 2. The number of rotatable bonds is 8. The molecule has 0 aliphatic carbocycles. The summed E-state index contributed by atoms with van der Waals surface area (Å²) in [7, 11) is 4.51. The van der Waals surface area contributed by atoms with Crippen molar-refractivity contribution in [3.63, 3.8) is 0 Å². The fraction of sp³-hybridized carbons (Fsp3) is 0.364. The van der Waals surface area contributed by atoms with Crippen LogP contribution in [0.5, 0.6) is 17.2 Å². The highest BCUT2D eigenvalue weighted by atomic mass is 16.5. The molecule has 0 aliphatic rings. The van der Waals surface area contributed by atoms with E-state index in [1.54, 1.807) is 24.3 Å². The summed E-state index contributed by atoms with van der Waals surface area (Å²) >= 11 is 0. The van der Waals surface area contributed by atoms with Gasteiger partial charge in [-0.05, 0) is 25.0 Å². The van der Waals surface area contributed by atoms with Crippen LogP contribution in [0.25, 0.3) is 0 Å². The number of amides is 2. The minimum Gasteiger partial charge on any atom is -0.493 e. The average molecular weight is 400 g/mol. The van der Waals surface area contributed by atoms with E-state index in [4.69, 9.17) is 14.2 Å². The molecule has 2 amide bonds. The van der Waals surface area contributed by atoms with Gasteiger partial charge in [-0.3, -0.25) is 9.59 Å². The molecule has 0 radical (unpaired) electrons. The van der Waals surface area contributed by atoms with Crippen LogP contribution in [0.4, 0.5) is 5.69 Å². The normalized spacial score (nSPS) is 11.6. The number of ether oxygens (including phenoxy) is 3. The maximum atomic E-state index is 12.9. The van der Waals surface area contributed by atoms with E-state index in [1.165, 1.54) is 21.3 Å². The van der Waals surface area contributed by atoms with Gasteiger partial charge in [0.1, 0.15) is 6.04 Å². The van der Waals surface area contributed by atoms with Crippen molar-refractivity contribution in [3.8, 4) is 17.2 Å². The van der Waals surface area contributed by atoms with Crippen molar-refractivity contribution in [1.29, 1.82) is 0 Å². The summed E-state index contributed by atoms with van der Waals surface area (Å²) < 4.78 is 15.9.